The Morgan fingerprint density at radius 3 is 2.35 bits per heavy atom. The van der Waals surface area contributed by atoms with Crippen molar-refractivity contribution < 1.29 is 23.5 Å². The first kappa shape index (κ1) is 21.0. The maximum absolute atomic E-state index is 12.5. The average molecular weight is 423 g/mol. The van der Waals surface area contributed by atoms with E-state index < -0.39 is 18.1 Å². The normalized spacial score (nSPS) is 20.6. The van der Waals surface area contributed by atoms with E-state index in [0.717, 1.165) is 16.0 Å². The molecule has 0 unspecified atom stereocenters. The van der Waals surface area contributed by atoms with Gasteiger partial charge in [-0.25, -0.2) is 4.79 Å². The van der Waals surface area contributed by atoms with E-state index in [9.17, 15) is 19.2 Å². The summed E-state index contributed by atoms with van der Waals surface area (Å²) in [7, 11) is 0. The van der Waals surface area contributed by atoms with Gasteiger partial charge in [-0.2, -0.15) is 0 Å². The fraction of sp³-hybridized carbons (Fsp3) is 0.417. The number of hydrogen-bond donors (Lipinski definition) is 0. The van der Waals surface area contributed by atoms with Crippen molar-refractivity contribution in [3.63, 3.8) is 0 Å². The fourth-order valence-electron chi connectivity index (χ4n) is 4.49. The largest absolute Gasteiger partial charge is 0.459 e. The number of hydrogen-bond acceptors (Lipinski definition) is 6. The quantitative estimate of drug-likeness (QED) is 0.317. The fourth-order valence-corrected chi connectivity index (χ4v) is 4.49. The van der Waals surface area contributed by atoms with Crippen LogP contribution in [-0.4, -0.2) is 29.2 Å². The van der Waals surface area contributed by atoms with Crippen molar-refractivity contribution >= 4 is 28.8 Å². The second-order valence-corrected chi connectivity index (χ2v) is 8.53. The summed E-state index contributed by atoms with van der Waals surface area (Å²) < 4.78 is 10.7. The summed E-state index contributed by atoms with van der Waals surface area (Å²) in [6.07, 6.45) is 4.83. The Bertz CT molecular complexity index is 1130. The summed E-state index contributed by atoms with van der Waals surface area (Å²) in [5.41, 5.74) is 2.55. The van der Waals surface area contributed by atoms with Crippen molar-refractivity contribution in [3.8, 4) is 0 Å². The number of carbonyl (C=O) groups is 3. The van der Waals surface area contributed by atoms with Gasteiger partial charge in [-0.1, -0.05) is 26.0 Å². The van der Waals surface area contributed by atoms with Crippen LogP contribution in [0.4, 0.5) is 0 Å². The minimum atomic E-state index is -0.689. The number of fused-ring (bicyclic) bond motifs is 2. The molecule has 2 amide bonds. The SMILES string of the molecule is Cc1cc2oc(=O)cc(COC(=O)CN3C(=O)[C@@H]4CC=CC[C@H]4C3=O)c2cc1C(C)C. The van der Waals surface area contributed by atoms with E-state index >= 15 is 0 Å². The summed E-state index contributed by atoms with van der Waals surface area (Å²) in [5, 5.41) is 0.701. The third kappa shape index (κ3) is 3.92. The molecule has 1 aromatic carbocycles. The molecule has 2 atom stereocenters. The van der Waals surface area contributed by atoms with Crippen LogP contribution in [0.5, 0.6) is 0 Å². The van der Waals surface area contributed by atoms with Gasteiger partial charge in [0.25, 0.3) is 0 Å². The molecule has 0 saturated carbocycles. The summed E-state index contributed by atoms with van der Waals surface area (Å²) in [6.45, 7) is 5.54. The van der Waals surface area contributed by atoms with E-state index in [2.05, 4.69) is 13.8 Å². The number of likely N-dealkylation sites (tertiary alicyclic amines) is 1. The molecule has 1 saturated heterocycles. The molecule has 7 heteroatoms. The number of esters is 1. The zero-order valence-corrected chi connectivity index (χ0v) is 17.8. The molecular weight excluding hydrogens is 398 g/mol. The monoisotopic (exact) mass is 423 g/mol. The molecule has 1 aromatic heterocycles. The lowest BCUT2D eigenvalue weighted by molar-refractivity contribution is -0.153. The first-order chi connectivity index (χ1) is 14.8. The van der Waals surface area contributed by atoms with Gasteiger partial charge < -0.3 is 9.15 Å². The van der Waals surface area contributed by atoms with Gasteiger partial charge in [0.2, 0.25) is 11.8 Å². The second kappa shape index (κ2) is 8.13. The standard InChI is InChI=1S/C24H25NO6/c1-13(2)18-10-19-15(9-21(26)31-20(19)8-14(18)3)12-30-22(27)11-25-23(28)16-6-4-5-7-17(16)24(25)29/h4-5,8-10,13,16-17H,6-7,11-12H2,1-3H3/t16-,17-/m1/s1. The summed E-state index contributed by atoms with van der Waals surface area (Å²) in [5.74, 6) is -1.82. The lowest BCUT2D eigenvalue weighted by Crippen LogP contribution is -2.36. The summed E-state index contributed by atoms with van der Waals surface area (Å²) in [6, 6.07) is 5.07. The number of nitrogens with zero attached hydrogens (tertiary/aromatic N) is 1. The van der Waals surface area contributed by atoms with E-state index in [0.29, 0.717) is 29.4 Å². The predicted molar refractivity (Wildman–Crippen MR) is 113 cm³/mol. The molecule has 1 aliphatic carbocycles. The number of aryl methyl sites for hydroxylation is 1. The Hall–Kier alpha value is -3.22. The Labute approximate surface area is 179 Å². The zero-order chi connectivity index (χ0) is 22.3. The van der Waals surface area contributed by atoms with Crippen LogP contribution in [0.15, 0.2) is 39.6 Å². The van der Waals surface area contributed by atoms with Gasteiger partial charge in [-0.05, 0) is 48.9 Å². The molecule has 0 N–H and O–H groups in total. The Kier molecular flexibility index (Phi) is 5.52. The topological polar surface area (TPSA) is 93.9 Å². The number of ether oxygens (including phenoxy) is 1. The Morgan fingerprint density at radius 1 is 1.10 bits per heavy atom. The van der Waals surface area contributed by atoms with Crippen molar-refractivity contribution in [2.45, 2.75) is 46.1 Å². The van der Waals surface area contributed by atoms with Gasteiger partial charge in [0, 0.05) is 17.0 Å². The van der Waals surface area contributed by atoms with Crippen molar-refractivity contribution in [1.29, 1.82) is 0 Å². The first-order valence-electron chi connectivity index (χ1n) is 10.5. The third-order valence-electron chi connectivity index (χ3n) is 6.11. The van der Waals surface area contributed by atoms with Crippen LogP contribution >= 0.6 is 0 Å². The van der Waals surface area contributed by atoms with E-state index in [1.54, 1.807) is 0 Å². The van der Waals surface area contributed by atoms with E-state index in [1.165, 1.54) is 6.07 Å². The number of allylic oxidation sites excluding steroid dienone is 2. The number of benzene rings is 1. The minimum Gasteiger partial charge on any atom is -0.459 e. The van der Waals surface area contributed by atoms with Crippen LogP contribution in [0.1, 0.15) is 49.3 Å². The van der Waals surface area contributed by atoms with Crippen molar-refractivity contribution in [3.05, 3.63) is 57.5 Å². The summed E-state index contributed by atoms with van der Waals surface area (Å²) in [4.78, 5) is 50.5. The molecule has 0 spiro atoms. The third-order valence-corrected chi connectivity index (χ3v) is 6.11. The molecule has 2 aliphatic rings. The number of imide groups is 1. The average Bonchev–Trinajstić information content (AvgIpc) is 2.96. The van der Waals surface area contributed by atoms with Crippen LogP contribution in [0.2, 0.25) is 0 Å². The molecule has 0 radical (unpaired) electrons. The number of carbonyl (C=O) groups excluding carboxylic acids is 3. The van der Waals surface area contributed by atoms with Crippen LogP contribution in [-0.2, 0) is 25.7 Å². The van der Waals surface area contributed by atoms with E-state index in [-0.39, 0.29) is 36.2 Å². The highest BCUT2D eigenvalue weighted by atomic mass is 16.5. The minimum absolute atomic E-state index is 0.147. The highest BCUT2D eigenvalue weighted by Crippen LogP contribution is 2.35. The first-order valence-corrected chi connectivity index (χ1v) is 10.5. The second-order valence-electron chi connectivity index (χ2n) is 8.53. The van der Waals surface area contributed by atoms with Crippen LogP contribution in [0, 0.1) is 18.8 Å². The predicted octanol–water partition coefficient (Wildman–Crippen LogP) is 3.22. The van der Waals surface area contributed by atoms with Gasteiger partial charge in [0.05, 0.1) is 11.8 Å². The van der Waals surface area contributed by atoms with Gasteiger partial charge in [0.15, 0.2) is 0 Å². The maximum Gasteiger partial charge on any atom is 0.336 e. The Balaban J connectivity index is 1.51. The lowest BCUT2D eigenvalue weighted by Gasteiger charge is -2.15. The maximum atomic E-state index is 12.5. The van der Waals surface area contributed by atoms with Crippen LogP contribution in [0.25, 0.3) is 11.0 Å². The molecule has 162 valence electrons. The van der Waals surface area contributed by atoms with Gasteiger partial charge in [0.1, 0.15) is 18.7 Å². The molecular formula is C24H25NO6. The summed E-state index contributed by atoms with van der Waals surface area (Å²) >= 11 is 0. The van der Waals surface area contributed by atoms with Crippen LogP contribution < -0.4 is 5.63 Å². The molecule has 31 heavy (non-hydrogen) atoms. The van der Waals surface area contributed by atoms with E-state index in [1.807, 2.05) is 31.2 Å². The lowest BCUT2D eigenvalue weighted by atomic mass is 9.85. The van der Waals surface area contributed by atoms with Crippen molar-refractivity contribution in [2.24, 2.45) is 11.8 Å². The smallest absolute Gasteiger partial charge is 0.336 e. The van der Waals surface area contributed by atoms with Crippen molar-refractivity contribution in [1.82, 2.24) is 4.90 Å². The molecule has 4 rings (SSSR count). The molecule has 1 fully saturated rings. The van der Waals surface area contributed by atoms with Gasteiger partial charge >= 0.3 is 11.6 Å². The molecule has 7 nitrogen and oxygen atoms in total. The molecule has 2 heterocycles. The molecule has 0 bridgehead atoms. The number of rotatable bonds is 5. The molecule has 1 aliphatic heterocycles. The zero-order valence-electron chi connectivity index (χ0n) is 17.8. The van der Waals surface area contributed by atoms with E-state index in [4.69, 9.17) is 9.15 Å². The van der Waals surface area contributed by atoms with Gasteiger partial charge in [-0.3, -0.25) is 19.3 Å². The number of amides is 2. The van der Waals surface area contributed by atoms with Crippen LogP contribution in [0.3, 0.4) is 0 Å². The highest BCUT2D eigenvalue weighted by molar-refractivity contribution is 6.07. The van der Waals surface area contributed by atoms with Gasteiger partial charge in [-0.15, -0.1) is 0 Å². The Morgan fingerprint density at radius 2 is 1.74 bits per heavy atom. The molecule has 2 aromatic rings. The highest BCUT2D eigenvalue weighted by Gasteiger charge is 2.47. The van der Waals surface area contributed by atoms with Crippen molar-refractivity contribution in [2.75, 3.05) is 6.54 Å².